The molecular weight excluding hydrogens is 406 g/mol. The smallest absolute Gasteiger partial charge is 0.338 e. The molecule has 1 amide bonds. The summed E-state index contributed by atoms with van der Waals surface area (Å²) in [5.41, 5.74) is 0.719. The van der Waals surface area contributed by atoms with Crippen LogP contribution in [0.5, 0.6) is 0 Å². The maximum Gasteiger partial charge on any atom is 0.338 e. The largest absolute Gasteiger partial charge is 0.503 e. The van der Waals surface area contributed by atoms with Crippen LogP contribution in [0.1, 0.15) is 38.8 Å². The van der Waals surface area contributed by atoms with E-state index in [-0.39, 0.29) is 17.9 Å². The number of hydrogen-bond donors (Lipinski definition) is 1. The van der Waals surface area contributed by atoms with Gasteiger partial charge in [-0.15, -0.1) is 11.3 Å². The van der Waals surface area contributed by atoms with E-state index in [0.29, 0.717) is 16.1 Å². The number of hydrogen-bond acceptors (Lipinski definition) is 7. The highest BCUT2D eigenvalue weighted by molar-refractivity contribution is 7.10. The second kappa shape index (κ2) is 8.00. The van der Waals surface area contributed by atoms with Gasteiger partial charge in [0.1, 0.15) is 6.04 Å². The summed E-state index contributed by atoms with van der Waals surface area (Å²) in [5.74, 6) is -2.32. The van der Waals surface area contributed by atoms with Gasteiger partial charge >= 0.3 is 5.97 Å². The molecule has 2 aromatic heterocycles. The first-order chi connectivity index (χ1) is 14.5. The minimum absolute atomic E-state index is 0.0328. The molecule has 0 unspecified atom stereocenters. The van der Waals surface area contributed by atoms with Crippen molar-refractivity contribution in [1.82, 2.24) is 0 Å². The van der Waals surface area contributed by atoms with Gasteiger partial charge in [-0.3, -0.25) is 14.5 Å². The molecule has 1 aliphatic heterocycles. The molecule has 30 heavy (non-hydrogen) atoms. The number of carbonyl (C=O) groups is 3. The molecule has 152 valence electrons. The Kier molecular flexibility index (Phi) is 5.24. The lowest BCUT2D eigenvalue weighted by atomic mass is 10.00. The number of Topliss-reactive ketones (excluding diaryl/α,β-unsaturated/α-hetero) is 1. The summed E-state index contributed by atoms with van der Waals surface area (Å²) in [6.45, 7) is 1.97. The standard InChI is InChI=1S/C22H17NO6S/c1-2-28-22(27)13-7-9-14(10-8-13)23-18(16-6-4-12-30-16)17(20(25)21(23)26)19(24)15-5-3-11-29-15/h3-12,18,25H,2H2,1H3/t18-/m0/s1. The Balaban J connectivity index is 1.76. The van der Waals surface area contributed by atoms with Crippen LogP contribution in [0.25, 0.3) is 0 Å². The molecule has 1 aliphatic rings. The summed E-state index contributed by atoms with van der Waals surface area (Å²) >= 11 is 1.36. The predicted octanol–water partition coefficient (Wildman–Crippen LogP) is 4.30. The first-order valence-corrected chi connectivity index (χ1v) is 10.1. The number of thiophene rings is 1. The Bertz CT molecular complexity index is 1110. The molecule has 0 saturated carbocycles. The molecule has 0 fully saturated rings. The van der Waals surface area contributed by atoms with Crippen molar-refractivity contribution in [3.05, 3.63) is 87.7 Å². The Labute approximate surface area is 175 Å². The Morgan fingerprint density at radius 1 is 1.17 bits per heavy atom. The van der Waals surface area contributed by atoms with Crippen LogP contribution in [-0.2, 0) is 9.53 Å². The lowest BCUT2D eigenvalue weighted by molar-refractivity contribution is -0.117. The third-order valence-corrected chi connectivity index (χ3v) is 5.59. The number of rotatable bonds is 6. The van der Waals surface area contributed by atoms with Crippen LogP contribution in [-0.4, -0.2) is 29.4 Å². The number of aliphatic hydroxyl groups is 1. The van der Waals surface area contributed by atoms with Crippen molar-refractivity contribution in [2.45, 2.75) is 13.0 Å². The highest BCUT2D eigenvalue weighted by Gasteiger charge is 2.45. The zero-order valence-electron chi connectivity index (χ0n) is 15.9. The van der Waals surface area contributed by atoms with Gasteiger partial charge in [0.2, 0.25) is 5.78 Å². The number of benzene rings is 1. The fraction of sp³-hybridized carbons (Fsp3) is 0.136. The number of aliphatic hydroxyl groups excluding tert-OH is 1. The molecule has 0 radical (unpaired) electrons. The highest BCUT2D eigenvalue weighted by Crippen LogP contribution is 2.43. The van der Waals surface area contributed by atoms with Crippen molar-refractivity contribution in [3.8, 4) is 0 Å². The van der Waals surface area contributed by atoms with Gasteiger partial charge in [0.25, 0.3) is 5.91 Å². The van der Waals surface area contributed by atoms with Crippen LogP contribution in [0.15, 0.2) is 75.9 Å². The minimum Gasteiger partial charge on any atom is -0.503 e. The third kappa shape index (κ3) is 3.31. The van der Waals surface area contributed by atoms with E-state index in [0.717, 1.165) is 0 Å². The quantitative estimate of drug-likeness (QED) is 0.469. The van der Waals surface area contributed by atoms with Crippen molar-refractivity contribution in [1.29, 1.82) is 0 Å². The van der Waals surface area contributed by atoms with E-state index in [9.17, 15) is 19.5 Å². The van der Waals surface area contributed by atoms with Crippen LogP contribution >= 0.6 is 11.3 Å². The van der Waals surface area contributed by atoms with Gasteiger partial charge in [-0.2, -0.15) is 0 Å². The van der Waals surface area contributed by atoms with Crippen LogP contribution in [0.3, 0.4) is 0 Å². The monoisotopic (exact) mass is 423 g/mol. The van der Waals surface area contributed by atoms with Gasteiger partial charge in [0.05, 0.1) is 24.0 Å². The van der Waals surface area contributed by atoms with Gasteiger partial charge in [-0.1, -0.05) is 6.07 Å². The zero-order chi connectivity index (χ0) is 21.3. The Hall–Kier alpha value is -3.65. The fourth-order valence-electron chi connectivity index (χ4n) is 3.33. The molecule has 4 rings (SSSR count). The van der Waals surface area contributed by atoms with Gasteiger partial charge in [0, 0.05) is 10.6 Å². The normalized spacial score (nSPS) is 16.2. The van der Waals surface area contributed by atoms with Crippen LogP contribution in [0, 0.1) is 0 Å². The molecular formula is C22H17NO6S. The maximum absolute atomic E-state index is 13.0. The number of amides is 1. The molecule has 3 heterocycles. The van der Waals surface area contributed by atoms with E-state index in [1.54, 1.807) is 37.3 Å². The first kappa shape index (κ1) is 19.7. The molecule has 3 aromatic rings. The summed E-state index contributed by atoms with van der Waals surface area (Å²) in [5, 5.41) is 12.4. The summed E-state index contributed by atoms with van der Waals surface area (Å²) in [6, 6.07) is 12.1. The van der Waals surface area contributed by atoms with Crippen molar-refractivity contribution in [2.24, 2.45) is 0 Å². The zero-order valence-corrected chi connectivity index (χ0v) is 16.7. The van der Waals surface area contributed by atoms with Crippen LogP contribution in [0.2, 0.25) is 0 Å². The third-order valence-electron chi connectivity index (χ3n) is 4.67. The molecule has 7 nitrogen and oxygen atoms in total. The first-order valence-electron chi connectivity index (χ1n) is 9.18. The lowest BCUT2D eigenvalue weighted by Gasteiger charge is -2.25. The fourth-order valence-corrected chi connectivity index (χ4v) is 4.16. The lowest BCUT2D eigenvalue weighted by Crippen LogP contribution is -2.30. The van der Waals surface area contributed by atoms with E-state index in [4.69, 9.17) is 9.15 Å². The molecule has 8 heteroatoms. The highest BCUT2D eigenvalue weighted by atomic mass is 32.1. The van der Waals surface area contributed by atoms with Crippen molar-refractivity contribution in [2.75, 3.05) is 11.5 Å². The second-order valence-electron chi connectivity index (χ2n) is 6.43. The maximum atomic E-state index is 13.0. The summed E-state index contributed by atoms with van der Waals surface area (Å²) < 4.78 is 10.2. The van der Waals surface area contributed by atoms with E-state index in [1.165, 1.54) is 40.7 Å². The van der Waals surface area contributed by atoms with E-state index >= 15 is 0 Å². The number of ether oxygens (including phenoxy) is 1. The molecule has 0 bridgehead atoms. The number of ketones is 1. The number of anilines is 1. The molecule has 0 spiro atoms. The Morgan fingerprint density at radius 2 is 1.93 bits per heavy atom. The van der Waals surface area contributed by atoms with Crippen molar-refractivity contribution >= 4 is 34.7 Å². The van der Waals surface area contributed by atoms with E-state index < -0.39 is 29.5 Å². The summed E-state index contributed by atoms with van der Waals surface area (Å²) in [4.78, 5) is 39.9. The van der Waals surface area contributed by atoms with Crippen LogP contribution in [0.4, 0.5) is 5.69 Å². The SMILES string of the molecule is CCOC(=O)c1ccc(N2C(=O)C(O)=C(C(=O)c3ccco3)[C@@H]2c2cccs2)cc1. The average Bonchev–Trinajstić information content (AvgIpc) is 3.50. The average molecular weight is 423 g/mol. The number of nitrogens with zero attached hydrogens (tertiary/aromatic N) is 1. The predicted molar refractivity (Wildman–Crippen MR) is 110 cm³/mol. The van der Waals surface area contributed by atoms with Crippen LogP contribution < -0.4 is 4.90 Å². The van der Waals surface area contributed by atoms with E-state index in [2.05, 4.69) is 0 Å². The molecule has 0 saturated heterocycles. The van der Waals surface area contributed by atoms with Crippen molar-refractivity contribution in [3.63, 3.8) is 0 Å². The van der Waals surface area contributed by atoms with Gasteiger partial charge in [0.15, 0.2) is 11.5 Å². The Morgan fingerprint density at radius 3 is 2.53 bits per heavy atom. The second-order valence-corrected chi connectivity index (χ2v) is 7.41. The van der Waals surface area contributed by atoms with E-state index in [1.807, 2.05) is 5.38 Å². The molecule has 1 N–H and O–H groups in total. The molecule has 0 aliphatic carbocycles. The molecule has 1 aromatic carbocycles. The topological polar surface area (TPSA) is 97.0 Å². The minimum atomic E-state index is -0.816. The van der Waals surface area contributed by atoms with Crippen molar-refractivity contribution < 1.29 is 28.6 Å². The van der Waals surface area contributed by atoms with Gasteiger partial charge < -0.3 is 14.3 Å². The van der Waals surface area contributed by atoms with Gasteiger partial charge in [-0.25, -0.2) is 4.79 Å². The molecule has 1 atom stereocenters. The number of furan rings is 1. The number of esters is 1. The number of carbonyl (C=O) groups excluding carboxylic acids is 3. The summed E-state index contributed by atoms with van der Waals surface area (Å²) in [6.07, 6.45) is 1.35. The summed E-state index contributed by atoms with van der Waals surface area (Å²) in [7, 11) is 0. The van der Waals surface area contributed by atoms with Gasteiger partial charge in [-0.05, 0) is 54.8 Å².